The van der Waals surface area contributed by atoms with Crippen LogP contribution in [0.3, 0.4) is 0 Å². The van der Waals surface area contributed by atoms with Crippen LogP contribution in [0.25, 0.3) is 6.08 Å². The van der Waals surface area contributed by atoms with Crippen LogP contribution in [-0.2, 0) is 20.5 Å². The number of alkyl halides is 3. The molecule has 1 aromatic rings. The van der Waals surface area contributed by atoms with Crippen LogP contribution in [0.5, 0.6) is 0 Å². The molecule has 0 N–H and O–H groups in total. The summed E-state index contributed by atoms with van der Waals surface area (Å²) >= 11 is 1.25. The number of Topliss-reactive ketones (excluding diaryl/α,β-unsaturated/α-hetero) is 1. The van der Waals surface area contributed by atoms with E-state index in [0.29, 0.717) is 12.0 Å². The summed E-state index contributed by atoms with van der Waals surface area (Å²) in [4.78, 5) is 24.0. The Morgan fingerprint density at radius 3 is 2.30 bits per heavy atom. The fourth-order valence-corrected chi connectivity index (χ4v) is 2.09. The minimum atomic E-state index is -4.43. The average Bonchev–Trinajstić information content (AvgIpc) is 2.50. The number of carbonyl (C=O) groups is 2. The molecule has 0 spiro atoms. The highest BCUT2D eigenvalue weighted by Gasteiger charge is 2.30. The Labute approximate surface area is 136 Å². The largest absolute Gasteiger partial charge is 0.462 e. The van der Waals surface area contributed by atoms with Crippen LogP contribution in [0.2, 0.25) is 0 Å². The number of carbonyl (C=O) groups excluding carboxylic acids is 2. The number of ketones is 1. The van der Waals surface area contributed by atoms with Gasteiger partial charge in [0.2, 0.25) is 0 Å². The summed E-state index contributed by atoms with van der Waals surface area (Å²) in [5, 5.41) is 0. The van der Waals surface area contributed by atoms with Gasteiger partial charge in [-0.05, 0) is 36.4 Å². The lowest BCUT2D eigenvalue weighted by atomic mass is 10.1. The molecule has 0 unspecified atom stereocenters. The van der Waals surface area contributed by atoms with Crippen molar-refractivity contribution in [2.24, 2.45) is 0 Å². The third-order valence-electron chi connectivity index (χ3n) is 2.78. The van der Waals surface area contributed by atoms with Crippen molar-refractivity contribution in [1.82, 2.24) is 0 Å². The molecule has 3 nitrogen and oxygen atoms in total. The van der Waals surface area contributed by atoms with Crippen molar-refractivity contribution in [2.45, 2.75) is 19.5 Å². The SMILES string of the molecule is CCCOC(=O)C(=Cc1ccc(C(F)(F)F)cc1)C(=O)CSC. The van der Waals surface area contributed by atoms with Crippen molar-refractivity contribution in [3.63, 3.8) is 0 Å². The molecule has 0 heterocycles. The maximum Gasteiger partial charge on any atom is 0.416 e. The lowest BCUT2D eigenvalue weighted by Crippen LogP contribution is -2.18. The van der Waals surface area contributed by atoms with E-state index in [1.807, 2.05) is 6.92 Å². The van der Waals surface area contributed by atoms with E-state index < -0.39 is 23.5 Å². The van der Waals surface area contributed by atoms with E-state index in [4.69, 9.17) is 4.74 Å². The molecule has 1 rings (SSSR count). The fraction of sp³-hybridized carbons (Fsp3) is 0.375. The molecule has 126 valence electrons. The molecular weight excluding hydrogens is 329 g/mol. The molecule has 0 aliphatic carbocycles. The third kappa shape index (κ3) is 6.09. The van der Waals surface area contributed by atoms with Crippen molar-refractivity contribution in [3.05, 3.63) is 41.0 Å². The summed E-state index contributed by atoms with van der Waals surface area (Å²) in [5.74, 6) is -1.09. The molecule has 0 aliphatic rings. The zero-order valence-electron chi connectivity index (χ0n) is 12.8. The van der Waals surface area contributed by atoms with Crippen molar-refractivity contribution in [2.75, 3.05) is 18.6 Å². The van der Waals surface area contributed by atoms with Crippen LogP contribution in [0.15, 0.2) is 29.8 Å². The van der Waals surface area contributed by atoms with Crippen LogP contribution < -0.4 is 0 Å². The highest BCUT2D eigenvalue weighted by Crippen LogP contribution is 2.29. The van der Waals surface area contributed by atoms with Gasteiger partial charge in [0.05, 0.1) is 17.9 Å². The van der Waals surface area contributed by atoms with Crippen LogP contribution in [0.4, 0.5) is 13.2 Å². The average molecular weight is 346 g/mol. The monoisotopic (exact) mass is 346 g/mol. The van der Waals surface area contributed by atoms with Crippen molar-refractivity contribution >= 4 is 29.6 Å². The van der Waals surface area contributed by atoms with E-state index in [0.717, 1.165) is 12.1 Å². The van der Waals surface area contributed by atoms with Crippen LogP contribution in [0.1, 0.15) is 24.5 Å². The van der Waals surface area contributed by atoms with E-state index in [-0.39, 0.29) is 17.9 Å². The standard InChI is InChI=1S/C16H17F3O3S/c1-3-8-22-15(21)13(14(20)10-23-2)9-11-4-6-12(7-5-11)16(17,18)19/h4-7,9H,3,8,10H2,1-2H3. The van der Waals surface area contributed by atoms with Gasteiger partial charge >= 0.3 is 12.1 Å². The first-order valence-electron chi connectivity index (χ1n) is 6.87. The Morgan fingerprint density at radius 2 is 1.83 bits per heavy atom. The van der Waals surface area contributed by atoms with Crippen LogP contribution >= 0.6 is 11.8 Å². The lowest BCUT2D eigenvalue weighted by molar-refractivity contribution is -0.140. The molecule has 7 heteroatoms. The van der Waals surface area contributed by atoms with E-state index >= 15 is 0 Å². The van der Waals surface area contributed by atoms with Crippen molar-refractivity contribution in [1.29, 1.82) is 0 Å². The summed E-state index contributed by atoms with van der Waals surface area (Å²) in [6, 6.07) is 4.23. The van der Waals surface area contributed by atoms with Gasteiger partial charge < -0.3 is 4.74 Å². The van der Waals surface area contributed by atoms with Gasteiger partial charge in [-0.2, -0.15) is 24.9 Å². The molecule has 0 aliphatic heterocycles. The fourth-order valence-electron chi connectivity index (χ4n) is 1.67. The van der Waals surface area contributed by atoms with E-state index in [1.54, 1.807) is 6.26 Å². The molecule has 0 atom stereocenters. The van der Waals surface area contributed by atoms with Crippen LogP contribution in [0, 0.1) is 0 Å². The summed E-state index contributed by atoms with van der Waals surface area (Å²) in [7, 11) is 0. The van der Waals surface area contributed by atoms with Gasteiger partial charge in [-0.1, -0.05) is 19.1 Å². The van der Waals surface area contributed by atoms with Gasteiger partial charge in [0.25, 0.3) is 0 Å². The van der Waals surface area contributed by atoms with Gasteiger partial charge in [0, 0.05) is 0 Å². The minimum Gasteiger partial charge on any atom is -0.462 e. The normalized spacial score (nSPS) is 12.1. The number of halogens is 3. The number of rotatable bonds is 7. The summed E-state index contributed by atoms with van der Waals surface area (Å²) < 4.78 is 42.5. The third-order valence-corrected chi connectivity index (χ3v) is 3.33. The number of esters is 1. The molecule has 0 bridgehead atoms. The molecule has 0 radical (unpaired) electrons. The highest BCUT2D eigenvalue weighted by atomic mass is 32.2. The summed E-state index contributed by atoms with van der Waals surface area (Å²) in [6.07, 6.45) is -0.850. The molecule has 23 heavy (non-hydrogen) atoms. The minimum absolute atomic E-state index is 0.0910. The Bertz CT molecular complexity index is 577. The number of benzene rings is 1. The van der Waals surface area contributed by atoms with Crippen molar-refractivity contribution < 1.29 is 27.5 Å². The quantitative estimate of drug-likeness (QED) is 0.324. The van der Waals surface area contributed by atoms with Gasteiger partial charge in [-0.3, -0.25) is 4.79 Å². The number of hydrogen-bond donors (Lipinski definition) is 0. The second kappa shape index (κ2) is 8.76. The first-order valence-corrected chi connectivity index (χ1v) is 8.27. The Kier molecular flexibility index (Phi) is 7.35. The van der Waals surface area contributed by atoms with Gasteiger partial charge in [-0.15, -0.1) is 0 Å². The zero-order valence-corrected chi connectivity index (χ0v) is 13.6. The number of hydrogen-bond acceptors (Lipinski definition) is 4. The topological polar surface area (TPSA) is 43.4 Å². The van der Waals surface area contributed by atoms with E-state index in [2.05, 4.69) is 0 Å². The maximum absolute atomic E-state index is 12.5. The molecule has 0 saturated heterocycles. The Morgan fingerprint density at radius 1 is 1.22 bits per heavy atom. The molecule has 0 amide bonds. The summed E-state index contributed by atoms with van der Waals surface area (Å²) in [6.45, 7) is 1.99. The van der Waals surface area contributed by atoms with Gasteiger partial charge in [0.15, 0.2) is 5.78 Å². The Balaban J connectivity index is 3.07. The Hall–Kier alpha value is -1.76. The lowest BCUT2D eigenvalue weighted by Gasteiger charge is -2.08. The first kappa shape index (κ1) is 19.3. The van der Waals surface area contributed by atoms with Crippen molar-refractivity contribution in [3.8, 4) is 0 Å². The predicted octanol–water partition coefficient (Wildman–Crippen LogP) is 3.97. The molecule has 0 saturated carbocycles. The zero-order chi connectivity index (χ0) is 17.5. The second-order valence-corrected chi connectivity index (χ2v) is 5.54. The van der Waals surface area contributed by atoms with E-state index in [1.165, 1.54) is 30.0 Å². The molecular formula is C16H17F3O3S. The molecule has 1 aromatic carbocycles. The van der Waals surface area contributed by atoms with Gasteiger partial charge in [-0.25, -0.2) is 4.79 Å². The van der Waals surface area contributed by atoms with E-state index in [9.17, 15) is 22.8 Å². The predicted molar refractivity (Wildman–Crippen MR) is 84.1 cm³/mol. The van der Waals surface area contributed by atoms with Crippen LogP contribution in [-0.4, -0.2) is 30.4 Å². The first-order chi connectivity index (χ1) is 10.8. The number of thioether (sulfide) groups is 1. The molecule has 0 fully saturated rings. The highest BCUT2D eigenvalue weighted by molar-refractivity contribution is 7.99. The smallest absolute Gasteiger partial charge is 0.416 e. The summed E-state index contributed by atoms with van der Waals surface area (Å²) in [5.41, 5.74) is -0.622. The maximum atomic E-state index is 12.5. The second-order valence-electron chi connectivity index (χ2n) is 4.67. The number of ether oxygens (including phenoxy) is 1. The molecule has 0 aromatic heterocycles. The van der Waals surface area contributed by atoms with Gasteiger partial charge in [0.1, 0.15) is 5.57 Å².